The Morgan fingerprint density at radius 1 is 0.316 bits per heavy atom. The van der Waals surface area contributed by atoms with Crippen LogP contribution in [0.15, 0.2) is 121 Å². The van der Waals surface area contributed by atoms with Crippen LogP contribution in [0.1, 0.15) is 105 Å². The molecule has 6 aromatic carbocycles. The molecule has 6 aromatic rings. The van der Waals surface area contributed by atoms with Crippen molar-refractivity contribution in [1.29, 1.82) is 0 Å². The van der Waals surface area contributed by atoms with E-state index in [0.29, 0.717) is 0 Å². The molecule has 0 fully saturated rings. The quantitative estimate of drug-likeness (QED) is 0.156. The first kappa shape index (κ1) is 42.0. The predicted molar refractivity (Wildman–Crippen MR) is 242 cm³/mol. The van der Waals surface area contributed by atoms with Crippen LogP contribution in [0.25, 0.3) is 66.8 Å². The fourth-order valence-corrected chi connectivity index (χ4v) is 7.85. The maximum Gasteiger partial charge on any atom is 0.466 e. The summed E-state index contributed by atoms with van der Waals surface area (Å²) in [6.45, 7) is 27.6. The maximum absolute atomic E-state index is 8.88. The lowest BCUT2D eigenvalue weighted by atomic mass is 9.67. The molecule has 1 aliphatic carbocycles. The van der Waals surface area contributed by atoms with Crippen molar-refractivity contribution < 1.29 is 19.2 Å². The predicted octanol–water partition coefficient (Wildman–Crippen LogP) is 14.3. The molecule has 0 unspecified atom stereocenters. The Morgan fingerprint density at radius 2 is 0.491 bits per heavy atom. The highest BCUT2D eigenvalue weighted by Crippen LogP contribution is 2.62. The van der Waals surface area contributed by atoms with Crippen LogP contribution in [0.3, 0.4) is 0 Å². The first-order valence-corrected chi connectivity index (χ1v) is 21.5. The Balaban J connectivity index is 0.00000103. The van der Waals surface area contributed by atoms with Gasteiger partial charge in [-0.05, 0) is 111 Å². The second-order valence-corrected chi connectivity index (χ2v) is 20.6. The highest BCUT2D eigenvalue weighted by atomic mass is 31.2. The zero-order chi connectivity index (χ0) is 41.9. The van der Waals surface area contributed by atoms with Crippen LogP contribution >= 0.6 is 7.82 Å². The summed E-state index contributed by atoms with van der Waals surface area (Å²) in [4.78, 5) is 21.6. The zero-order valence-corrected chi connectivity index (χ0v) is 36.6. The Labute approximate surface area is 340 Å². The number of fused-ring (bicyclic) bond motifs is 4. The van der Waals surface area contributed by atoms with E-state index in [-0.39, 0.29) is 21.7 Å². The van der Waals surface area contributed by atoms with Gasteiger partial charge in [-0.3, -0.25) is 0 Å². The van der Waals surface area contributed by atoms with Crippen molar-refractivity contribution in [3.63, 3.8) is 0 Å². The Morgan fingerprint density at radius 3 is 0.667 bits per heavy atom. The molecule has 1 aliphatic rings. The van der Waals surface area contributed by atoms with E-state index in [9.17, 15) is 0 Å². The third-order valence-corrected chi connectivity index (χ3v) is 11.1. The Kier molecular flexibility index (Phi) is 11.1. The molecule has 0 saturated heterocycles. The lowest BCUT2D eigenvalue weighted by molar-refractivity contribution is 0.275. The van der Waals surface area contributed by atoms with E-state index in [1.54, 1.807) is 0 Å². The largest absolute Gasteiger partial charge is 0.466 e. The molecule has 7 rings (SSSR count). The van der Waals surface area contributed by atoms with E-state index >= 15 is 0 Å². The average molecular weight is 779 g/mol. The van der Waals surface area contributed by atoms with Gasteiger partial charge in [-0.2, -0.15) is 0 Å². The van der Waals surface area contributed by atoms with E-state index in [4.69, 9.17) is 19.2 Å². The van der Waals surface area contributed by atoms with Crippen molar-refractivity contribution in [3.8, 4) is 66.8 Å². The summed E-state index contributed by atoms with van der Waals surface area (Å²) in [6, 6.07) is 46.8. The smallest absolute Gasteiger partial charge is 0.303 e. The number of hydrogen-bond donors (Lipinski definition) is 3. The molecule has 3 N–H and O–H groups in total. The van der Waals surface area contributed by atoms with Crippen molar-refractivity contribution in [2.45, 2.75) is 105 Å². The third kappa shape index (κ3) is 8.96. The number of rotatable bonds is 4. The van der Waals surface area contributed by atoms with E-state index in [2.05, 4.69) is 204 Å². The minimum absolute atomic E-state index is 0.0646. The summed E-state index contributed by atoms with van der Waals surface area (Å²) in [6.07, 6.45) is 0. The maximum atomic E-state index is 8.88. The normalized spacial score (nSPS) is 12.9. The van der Waals surface area contributed by atoms with Crippen LogP contribution < -0.4 is 0 Å². The lowest BCUT2D eigenvalue weighted by Gasteiger charge is -2.35. The monoisotopic (exact) mass is 778 g/mol. The number of hydrogen-bond acceptors (Lipinski definition) is 1. The van der Waals surface area contributed by atoms with Gasteiger partial charge in [-0.25, -0.2) is 4.57 Å². The number of benzene rings is 6. The van der Waals surface area contributed by atoms with Crippen LogP contribution in [0, 0.1) is 0 Å². The molecule has 5 heteroatoms. The molecule has 0 aliphatic heterocycles. The van der Waals surface area contributed by atoms with Gasteiger partial charge in [0.25, 0.3) is 0 Å². The van der Waals surface area contributed by atoms with Crippen LogP contribution in [0.4, 0.5) is 0 Å². The van der Waals surface area contributed by atoms with Crippen LogP contribution in [-0.2, 0) is 26.2 Å². The summed E-state index contributed by atoms with van der Waals surface area (Å²) in [7, 11) is -4.64. The van der Waals surface area contributed by atoms with Crippen molar-refractivity contribution in [2.75, 3.05) is 0 Å². The third-order valence-electron chi connectivity index (χ3n) is 11.1. The first-order chi connectivity index (χ1) is 26.3. The number of phosphoric acid groups is 1. The second-order valence-electron chi connectivity index (χ2n) is 19.6. The molecular formula is C52H59O4P. The van der Waals surface area contributed by atoms with E-state index in [1.807, 2.05) is 0 Å². The molecule has 0 saturated carbocycles. The molecule has 57 heavy (non-hydrogen) atoms. The van der Waals surface area contributed by atoms with Crippen LogP contribution in [-0.4, -0.2) is 14.7 Å². The van der Waals surface area contributed by atoms with E-state index in [1.165, 1.54) is 89.0 Å². The summed E-state index contributed by atoms with van der Waals surface area (Å²) in [5.41, 5.74) is 21.3. The molecule has 0 atom stereocenters. The molecule has 0 spiro atoms. The Hall–Kier alpha value is -4.57. The second kappa shape index (κ2) is 15.0. The fourth-order valence-electron chi connectivity index (χ4n) is 7.85. The summed E-state index contributed by atoms with van der Waals surface area (Å²) < 4.78 is 8.88. The zero-order valence-electron chi connectivity index (χ0n) is 35.7. The van der Waals surface area contributed by atoms with E-state index < -0.39 is 7.82 Å². The lowest BCUT2D eigenvalue weighted by Crippen LogP contribution is -2.12. The SMILES string of the molecule is CC(C)(C)c1ccc(-c2c(-c3ccc(C(C)(C)C)cc3)c(-c3ccc(C(C)(C)C)cc3)c3c(c2-c2ccc(C(C)(C)C)cc2)-c2ccccc2-3)cc1.O=P(O)(O)O. The average Bonchev–Trinajstić information content (AvgIpc) is 3.11. The molecular weight excluding hydrogens is 720 g/mol. The van der Waals surface area contributed by atoms with Gasteiger partial charge in [0.15, 0.2) is 0 Å². The first-order valence-electron chi connectivity index (χ1n) is 19.9. The van der Waals surface area contributed by atoms with Crippen molar-refractivity contribution in [3.05, 3.63) is 144 Å². The fraction of sp³-hybridized carbons (Fsp3) is 0.308. The molecule has 4 nitrogen and oxygen atoms in total. The van der Waals surface area contributed by atoms with Crippen molar-refractivity contribution in [1.82, 2.24) is 0 Å². The van der Waals surface area contributed by atoms with Crippen LogP contribution in [0.2, 0.25) is 0 Å². The summed E-state index contributed by atoms with van der Waals surface area (Å²) >= 11 is 0. The Bertz CT molecular complexity index is 2270. The van der Waals surface area contributed by atoms with Gasteiger partial charge < -0.3 is 14.7 Å². The van der Waals surface area contributed by atoms with Gasteiger partial charge in [0, 0.05) is 0 Å². The molecule has 0 bridgehead atoms. The summed E-state index contributed by atoms with van der Waals surface area (Å²) in [5.74, 6) is 0. The van der Waals surface area contributed by atoms with Gasteiger partial charge in [0.05, 0.1) is 0 Å². The molecule has 0 heterocycles. The highest BCUT2D eigenvalue weighted by molar-refractivity contribution is 7.45. The minimum Gasteiger partial charge on any atom is -0.303 e. The van der Waals surface area contributed by atoms with Gasteiger partial charge in [-0.15, -0.1) is 0 Å². The highest BCUT2D eigenvalue weighted by Gasteiger charge is 2.35. The molecule has 0 amide bonds. The van der Waals surface area contributed by atoms with Gasteiger partial charge in [0.2, 0.25) is 0 Å². The van der Waals surface area contributed by atoms with Crippen molar-refractivity contribution >= 4 is 7.82 Å². The minimum atomic E-state index is -4.64. The topological polar surface area (TPSA) is 77.8 Å². The standard InChI is InChI=1S/C52H56.H3O4P/c1-49(2,3)37-25-17-33(18-26-37)43-44(34-19-27-38(28-20-34)50(4,5)6)46(36-23-31-40(32-24-36)52(10,11)12)48-42-16-14-13-15-41(42)47(48)45(43)35-21-29-39(30-22-35)51(7,8)9;1-5(2,3)4/h13-32H,1-12H3;(H3,1,2,3,4). The molecule has 296 valence electrons. The van der Waals surface area contributed by atoms with Gasteiger partial charge in [0.1, 0.15) is 0 Å². The van der Waals surface area contributed by atoms with Gasteiger partial charge in [-0.1, -0.05) is 204 Å². The molecule has 0 radical (unpaired) electrons. The van der Waals surface area contributed by atoms with E-state index in [0.717, 1.165) is 0 Å². The van der Waals surface area contributed by atoms with Crippen LogP contribution in [0.5, 0.6) is 0 Å². The summed E-state index contributed by atoms with van der Waals surface area (Å²) in [5, 5.41) is 0. The molecule has 0 aromatic heterocycles. The van der Waals surface area contributed by atoms with Crippen molar-refractivity contribution in [2.24, 2.45) is 0 Å². The van der Waals surface area contributed by atoms with Gasteiger partial charge >= 0.3 is 7.82 Å².